The fourth-order valence-electron chi connectivity index (χ4n) is 1.12. The third-order valence-corrected chi connectivity index (χ3v) is 1.71. The zero-order valence-corrected chi connectivity index (χ0v) is 6.64. The standard InChI is InChI=1S/C11H9N/c1-3-7-11(8-4-1)12-9-5-2-6-10-12/h1-5,7-10H/q+1. The summed E-state index contributed by atoms with van der Waals surface area (Å²) in [6, 6.07) is 17.1. The maximum Gasteiger partial charge on any atom is 0.210 e. The first kappa shape index (κ1) is 7.04. The second kappa shape index (κ2) is 3.18. The molecule has 0 aliphatic heterocycles. The van der Waals surface area contributed by atoms with Crippen molar-refractivity contribution in [3.8, 4) is 5.69 Å². The molecule has 57 valence electrons. The molecule has 0 aliphatic carbocycles. The lowest BCUT2D eigenvalue weighted by Crippen LogP contribution is -2.28. The molecule has 0 amide bonds. The Kier molecular flexibility index (Phi) is 1.87. The molecule has 12 heavy (non-hydrogen) atoms. The van der Waals surface area contributed by atoms with Crippen LogP contribution in [0.5, 0.6) is 0 Å². The molecule has 1 nitrogen and oxygen atoms in total. The molecule has 0 unspecified atom stereocenters. The fourth-order valence-corrected chi connectivity index (χ4v) is 1.12. The van der Waals surface area contributed by atoms with E-state index in [0.29, 0.717) is 0 Å². The molecular weight excluding hydrogens is 146 g/mol. The summed E-state index contributed by atoms with van der Waals surface area (Å²) in [6.45, 7) is 0. The van der Waals surface area contributed by atoms with E-state index in [2.05, 4.69) is 18.2 Å². The van der Waals surface area contributed by atoms with Crippen LogP contribution >= 0.6 is 0 Å². The quantitative estimate of drug-likeness (QED) is 0.552. The normalized spacial score (nSPS) is 9.67. The Bertz CT molecular complexity index is 302. The predicted molar refractivity (Wildman–Crippen MR) is 46.8 cm³/mol. The summed E-state index contributed by atoms with van der Waals surface area (Å²) in [5.74, 6) is 0. The molecule has 0 saturated heterocycles. The zero-order valence-electron chi connectivity index (χ0n) is 6.64. The van der Waals surface area contributed by atoms with E-state index >= 15 is 0 Å². The molecule has 0 atom stereocenters. The second-order valence-corrected chi connectivity index (χ2v) is 2.55. The summed E-state index contributed by atoms with van der Waals surface area (Å²) in [7, 11) is 0. The van der Waals surface area contributed by atoms with Gasteiger partial charge in [0.1, 0.15) is 0 Å². The Hall–Kier alpha value is -1.63. The Morgan fingerprint density at radius 3 is 2.50 bits per heavy atom. The van der Waals surface area contributed by atoms with Crippen molar-refractivity contribution >= 4 is 0 Å². The van der Waals surface area contributed by atoms with Crippen LogP contribution in [0.3, 0.4) is 0 Å². The first-order chi connectivity index (χ1) is 5.97. The number of para-hydroxylation sites is 1. The summed E-state index contributed by atoms with van der Waals surface area (Å²) in [6.07, 6.45) is 3.92. The van der Waals surface area contributed by atoms with Crippen LogP contribution in [0.15, 0.2) is 54.9 Å². The van der Waals surface area contributed by atoms with E-state index in [0.717, 1.165) is 5.69 Å². The van der Waals surface area contributed by atoms with Gasteiger partial charge in [-0.2, -0.15) is 4.57 Å². The smallest absolute Gasteiger partial charge is 0.167 e. The van der Waals surface area contributed by atoms with Crippen LogP contribution in [0, 0.1) is 6.07 Å². The van der Waals surface area contributed by atoms with Crippen LogP contribution < -0.4 is 4.57 Å². The molecule has 1 radical (unpaired) electrons. The van der Waals surface area contributed by atoms with Crippen molar-refractivity contribution in [3.05, 3.63) is 60.9 Å². The average Bonchev–Trinajstić information content (AvgIpc) is 2.21. The number of nitrogens with zero attached hydrogens (tertiary/aromatic N) is 1. The molecule has 1 aromatic heterocycles. The first-order valence-electron chi connectivity index (χ1n) is 3.89. The molecule has 0 fully saturated rings. The van der Waals surface area contributed by atoms with Gasteiger partial charge in [-0.05, 0) is 6.07 Å². The molecule has 0 bridgehead atoms. The largest absolute Gasteiger partial charge is 0.210 e. The van der Waals surface area contributed by atoms with Gasteiger partial charge in [0.25, 0.3) is 0 Å². The van der Waals surface area contributed by atoms with Crippen LogP contribution in [-0.4, -0.2) is 0 Å². The molecule has 0 saturated carbocycles. The lowest BCUT2D eigenvalue weighted by molar-refractivity contribution is -0.596. The van der Waals surface area contributed by atoms with Crippen LogP contribution in [-0.2, 0) is 0 Å². The SMILES string of the molecule is [c]1ccc[n+](-c2ccccc2)c1. The topological polar surface area (TPSA) is 3.88 Å². The number of rotatable bonds is 1. The van der Waals surface area contributed by atoms with Crippen molar-refractivity contribution in [1.82, 2.24) is 0 Å². The van der Waals surface area contributed by atoms with Crippen molar-refractivity contribution in [2.75, 3.05) is 0 Å². The Morgan fingerprint density at radius 2 is 1.83 bits per heavy atom. The molecule has 1 heterocycles. The fraction of sp³-hybridized carbons (Fsp3) is 0. The van der Waals surface area contributed by atoms with Gasteiger partial charge >= 0.3 is 0 Å². The van der Waals surface area contributed by atoms with Crippen molar-refractivity contribution in [3.63, 3.8) is 0 Å². The van der Waals surface area contributed by atoms with Gasteiger partial charge in [0.05, 0.1) is 6.07 Å². The van der Waals surface area contributed by atoms with Crippen LogP contribution in [0.25, 0.3) is 5.69 Å². The summed E-state index contributed by atoms with van der Waals surface area (Å²) < 4.78 is 2.03. The highest BCUT2D eigenvalue weighted by atomic mass is 14.9. The molecule has 2 aromatic rings. The number of aromatic nitrogens is 1. The van der Waals surface area contributed by atoms with E-state index in [-0.39, 0.29) is 0 Å². The maximum atomic E-state index is 3.02. The Labute approximate surface area is 71.9 Å². The van der Waals surface area contributed by atoms with Gasteiger partial charge in [0.15, 0.2) is 12.4 Å². The minimum Gasteiger partial charge on any atom is -0.167 e. The van der Waals surface area contributed by atoms with E-state index in [9.17, 15) is 0 Å². The number of hydrogen-bond acceptors (Lipinski definition) is 0. The van der Waals surface area contributed by atoms with Gasteiger partial charge in [0, 0.05) is 18.2 Å². The molecular formula is C11H9N+. The minimum atomic E-state index is 1.16. The molecule has 0 aliphatic rings. The van der Waals surface area contributed by atoms with Crippen molar-refractivity contribution in [2.24, 2.45) is 0 Å². The van der Waals surface area contributed by atoms with Gasteiger partial charge in [-0.15, -0.1) is 0 Å². The van der Waals surface area contributed by atoms with Gasteiger partial charge < -0.3 is 0 Å². The highest BCUT2D eigenvalue weighted by Crippen LogP contribution is 1.95. The van der Waals surface area contributed by atoms with E-state index in [1.54, 1.807) is 0 Å². The molecule has 1 heteroatoms. The van der Waals surface area contributed by atoms with Crippen molar-refractivity contribution in [2.45, 2.75) is 0 Å². The van der Waals surface area contributed by atoms with Crippen LogP contribution in [0.1, 0.15) is 0 Å². The second-order valence-electron chi connectivity index (χ2n) is 2.55. The van der Waals surface area contributed by atoms with Crippen LogP contribution in [0.2, 0.25) is 0 Å². The molecule has 0 N–H and O–H groups in total. The minimum absolute atomic E-state index is 1.16. The van der Waals surface area contributed by atoms with Gasteiger partial charge in [-0.25, -0.2) is 0 Å². The highest BCUT2D eigenvalue weighted by molar-refractivity contribution is 5.21. The lowest BCUT2D eigenvalue weighted by atomic mass is 10.3. The van der Waals surface area contributed by atoms with Crippen molar-refractivity contribution in [1.29, 1.82) is 0 Å². The van der Waals surface area contributed by atoms with E-state index in [1.165, 1.54) is 0 Å². The summed E-state index contributed by atoms with van der Waals surface area (Å²) >= 11 is 0. The lowest BCUT2D eigenvalue weighted by Gasteiger charge is -1.91. The predicted octanol–water partition coefficient (Wildman–Crippen LogP) is 1.76. The number of benzene rings is 1. The number of hydrogen-bond donors (Lipinski definition) is 0. The van der Waals surface area contributed by atoms with E-state index < -0.39 is 0 Å². The maximum absolute atomic E-state index is 3.02. The summed E-state index contributed by atoms with van der Waals surface area (Å²) in [5.41, 5.74) is 1.16. The highest BCUT2D eigenvalue weighted by Gasteiger charge is 1.99. The summed E-state index contributed by atoms with van der Waals surface area (Å²) in [4.78, 5) is 0. The van der Waals surface area contributed by atoms with E-state index in [1.807, 2.05) is 47.3 Å². The van der Waals surface area contributed by atoms with Gasteiger partial charge in [-0.1, -0.05) is 18.2 Å². The van der Waals surface area contributed by atoms with E-state index in [4.69, 9.17) is 0 Å². The molecule has 1 aromatic carbocycles. The molecule has 2 rings (SSSR count). The number of pyridine rings is 1. The third kappa shape index (κ3) is 1.35. The Balaban J connectivity index is 2.46. The molecule has 0 spiro atoms. The Morgan fingerprint density at radius 1 is 1.00 bits per heavy atom. The van der Waals surface area contributed by atoms with Gasteiger partial charge in [0.2, 0.25) is 5.69 Å². The monoisotopic (exact) mass is 155 g/mol. The zero-order chi connectivity index (χ0) is 8.23. The van der Waals surface area contributed by atoms with Crippen molar-refractivity contribution < 1.29 is 4.57 Å². The van der Waals surface area contributed by atoms with Crippen LogP contribution in [0.4, 0.5) is 0 Å². The average molecular weight is 155 g/mol. The summed E-state index contributed by atoms with van der Waals surface area (Å²) in [5, 5.41) is 0. The van der Waals surface area contributed by atoms with Gasteiger partial charge in [-0.3, -0.25) is 0 Å². The first-order valence-corrected chi connectivity index (χ1v) is 3.89. The third-order valence-electron chi connectivity index (χ3n) is 1.71.